The maximum absolute atomic E-state index is 12.6. The predicted octanol–water partition coefficient (Wildman–Crippen LogP) is 4.06. The van der Waals surface area contributed by atoms with Crippen LogP contribution in [0.2, 0.25) is 5.02 Å². The lowest BCUT2D eigenvalue weighted by atomic mass is 10.2. The highest BCUT2D eigenvalue weighted by atomic mass is 35.5. The third-order valence-electron chi connectivity index (χ3n) is 5.05. The molecular formula is C24H27ClN4O4S. The molecule has 1 N–H and O–H groups in total. The molecule has 0 bridgehead atoms. The number of hydrogen-bond acceptors (Lipinski definition) is 5. The van der Waals surface area contributed by atoms with E-state index in [1.807, 2.05) is 48.7 Å². The number of nitrogens with zero attached hydrogens (tertiary/aromatic N) is 3. The Morgan fingerprint density at radius 3 is 2.59 bits per heavy atom. The number of nitrogens with one attached hydrogen (secondary N) is 1. The van der Waals surface area contributed by atoms with Crippen LogP contribution >= 0.6 is 11.6 Å². The number of hydrogen-bond donors (Lipinski definition) is 1. The van der Waals surface area contributed by atoms with Crippen LogP contribution in [-0.4, -0.2) is 44.5 Å². The van der Waals surface area contributed by atoms with Gasteiger partial charge in [0.1, 0.15) is 12.3 Å². The second kappa shape index (κ2) is 10.8. The van der Waals surface area contributed by atoms with Gasteiger partial charge in [-0.15, -0.1) is 0 Å². The Morgan fingerprint density at radius 1 is 1.18 bits per heavy atom. The van der Waals surface area contributed by atoms with Crippen molar-refractivity contribution < 1.29 is 17.9 Å². The van der Waals surface area contributed by atoms with Crippen molar-refractivity contribution in [1.82, 2.24) is 9.99 Å². The number of sulfonamides is 1. The van der Waals surface area contributed by atoms with Gasteiger partial charge in [0.2, 0.25) is 10.0 Å². The number of halogens is 1. The molecule has 0 aliphatic rings. The first-order chi connectivity index (χ1) is 16.1. The van der Waals surface area contributed by atoms with Crippen LogP contribution in [0.3, 0.4) is 0 Å². The Morgan fingerprint density at radius 2 is 1.91 bits per heavy atom. The van der Waals surface area contributed by atoms with Gasteiger partial charge in [-0.05, 0) is 57.2 Å². The molecule has 0 saturated carbocycles. The van der Waals surface area contributed by atoms with Crippen molar-refractivity contribution in [3.63, 3.8) is 0 Å². The normalized spacial score (nSPS) is 11.6. The van der Waals surface area contributed by atoms with Crippen LogP contribution in [0.1, 0.15) is 23.9 Å². The summed E-state index contributed by atoms with van der Waals surface area (Å²) in [7, 11) is -3.75. The minimum Gasteiger partial charge on any atom is -0.492 e. The van der Waals surface area contributed by atoms with Crippen molar-refractivity contribution in [2.24, 2.45) is 5.10 Å². The molecule has 2 aromatic carbocycles. The second-order valence-electron chi connectivity index (χ2n) is 7.61. The third kappa shape index (κ3) is 5.98. The van der Waals surface area contributed by atoms with Crippen LogP contribution in [0, 0.1) is 13.8 Å². The molecule has 0 fully saturated rings. The Kier molecular flexibility index (Phi) is 8.01. The van der Waals surface area contributed by atoms with Crippen LogP contribution in [0.5, 0.6) is 5.75 Å². The first kappa shape index (κ1) is 25.3. The molecule has 3 aromatic rings. The fourth-order valence-electron chi connectivity index (χ4n) is 3.59. The lowest BCUT2D eigenvalue weighted by molar-refractivity contribution is -0.119. The highest BCUT2D eigenvalue weighted by Crippen LogP contribution is 2.29. The minimum atomic E-state index is -3.75. The van der Waals surface area contributed by atoms with E-state index in [9.17, 15) is 13.2 Å². The minimum absolute atomic E-state index is 0.288. The molecule has 1 heterocycles. The van der Waals surface area contributed by atoms with Gasteiger partial charge in [0.25, 0.3) is 5.91 Å². The topological polar surface area (TPSA) is 93.0 Å². The third-order valence-corrected chi connectivity index (χ3v) is 6.41. The molecule has 0 radical (unpaired) electrons. The standard InChI is InChI=1S/C24H27ClN4O4S/c1-5-33-23-12-7-6-11-22(23)28(34(4,31)32)16-24(30)27-26-15-19-13-17(2)29(18(19)3)21-10-8-9-20(25)14-21/h6-15H,5,16H2,1-4H3,(H,27,30)/b26-15-. The van der Waals surface area contributed by atoms with Crippen molar-refractivity contribution in [2.45, 2.75) is 20.8 Å². The first-order valence-electron chi connectivity index (χ1n) is 10.6. The fraction of sp³-hybridized carbons (Fsp3) is 0.250. The summed E-state index contributed by atoms with van der Waals surface area (Å²) in [6, 6.07) is 16.1. The summed E-state index contributed by atoms with van der Waals surface area (Å²) >= 11 is 6.13. The van der Waals surface area contributed by atoms with Crippen LogP contribution in [0.15, 0.2) is 59.7 Å². The average molecular weight is 503 g/mol. The summed E-state index contributed by atoms with van der Waals surface area (Å²) in [6.07, 6.45) is 2.57. The van der Waals surface area contributed by atoms with E-state index in [4.69, 9.17) is 16.3 Å². The number of hydrazone groups is 1. The van der Waals surface area contributed by atoms with Gasteiger partial charge in [0, 0.05) is 27.7 Å². The van der Waals surface area contributed by atoms with E-state index in [0.717, 1.165) is 33.2 Å². The first-order valence-corrected chi connectivity index (χ1v) is 12.8. The Hall–Kier alpha value is -3.30. The maximum atomic E-state index is 12.6. The molecule has 3 rings (SSSR count). The summed E-state index contributed by atoms with van der Waals surface area (Å²) in [4.78, 5) is 12.6. The van der Waals surface area contributed by atoms with Crippen LogP contribution in [0.25, 0.3) is 5.69 Å². The summed E-state index contributed by atoms with van der Waals surface area (Å²) < 4.78 is 33.4. The van der Waals surface area contributed by atoms with E-state index >= 15 is 0 Å². The van der Waals surface area contributed by atoms with Gasteiger partial charge < -0.3 is 9.30 Å². The van der Waals surface area contributed by atoms with Crippen molar-refractivity contribution in [3.8, 4) is 11.4 Å². The molecule has 0 spiro atoms. The number of anilines is 1. The Bertz CT molecular complexity index is 1320. The smallest absolute Gasteiger partial charge is 0.260 e. The maximum Gasteiger partial charge on any atom is 0.260 e. The lowest BCUT2D eigenvalue weighted by Crippen LogP contribution is -2.39. The van der Waals surface area contributed by atoms with Crippen LogP contribution in [-0.2, 0) is 14.8 Å². The summed E-state index contributed by atoms with van der Waals surface area (Å²) in [5, 5.41) is 4.67. The van der Waals surface area contributed by atoms with E-state index in [1.165, 1.54) is 6.21 Å². The lowest BCUT2D eigenvalue weighted by Gasteiger charge is -2.23. The number of benzene rings is 2. The molecule has 0 saturated heterocycles. The largest absolute Gasteiger partial charge is 0.492 e. The van der Waals surface area contributed by atoms with Gasteiger partial charge in [-0.2, -0.15) is 5.10 Å². The zero-order valence-corrected chi connectivity index (χ0v) is 21.0. The zero-order chi connectivity index (χ0) is 24.9. The second-order valence-corrected chi connectivity index (χ2v) is 9.95. The highest BCUT2D eigenvalue weighted by molar-refractivity contribution is 7.92. The number of aromatic nitrogens is 1. The van der Waals surface area contributed by atoms with Crippen molar-refractivity contribution in [1.29, 1.82) is 0 Å². The van der Waals surface area contributed by atoms with Gasteiger partial charge in [-0.3, -0.25) is 9.10 Å². The number of amides is 1. The Balaban J connectivity index is 1.76. The number of carbonyl (C=O) groups is 1. The van der Waals surface area contributed by atoms with E-state index < -0.39 is 22.5 Å². The molecule has 10 heteroatoms. The van der Waals surface area contributed by atoms with Crippen molar-refractivity contribution in [2.75, 3.05) is 23.7 Å². The summed E-state index contributed by atoms with van der Waals surface area (Å²) in [6.45, 7) is 5.61. The number of para-hydroxylation sites is 2. The average Bonchev–Trinajstić information content (AvgIpc) is 3.05. The zero-order valence-electron chi connectivity index (χ0n) is 19.4. The monoisotopic (exact) mass is 502 g/mol. The van der Waals surface area contributed by atoms with E-state index in [1.54, 1.807) is 31.2 Å². The van der Waals surface area contributed by atoms with Crippen molar-refractivity contribution >= 4 is 39.4 Å². The molecule has 1 aromatic heterocycles. The van der Waals surface area contributed by atoms with E-state index in [2.05, 4.69) is 10.5 Å². The molecular weight excluding hydrogens is 476 g/mol. The van der Waals surface area contributed by atoms with E-state index in [-0.39, 0.29) is 5.69 Å². The van der Waals surface area contributed by atoms with Gasteiger partial charge in [-0.25, -0.2) is 13.8 Å². The molecule has 0 aliphatic carbocycles. The molecule has 0 unspecified atom stereocenters. The quantitative estimate of drug-likeness (QED) is 0.352. The molecule has 34 heavy (non-hydrogen) atoms. The van der Waals surface area contributed by atoms with Crippen LogP contribution in [0.4, 0.5) is 5.69 Å². The van der Waals surface area contributed by atoms with Gasteiger partial charge in [0.15, 0.2) is 0 Å². The van der Waals surface area contributed by atoms with Crippen LogP contribution < -0.4 is 14.5 Å². The van der Waals surface area contributed by atoms with Gasteiger partial charge >= 0.3 is 0 Å². The molecule has 0 atom stereocenters. The molecule has 180 valence electrons. The SMILES string of the molecule is CCOc1ccccc1N(CC(=O)N/N=C\c1cc(C)n(-c2cccc(Cl)c2)c1C)S(C)(=O)=O. The molecule has 0 aliphatic heterocycles. The summed E-state index contributed by atoms with van der Waals surface area (Å²) in [5.41, 5.74) is 6.32. The molecule has 1 amide bonds. The Labute approximate surface area is 204 Å². The van der Waals surface area contributed by atoms with Crippen molar-refractivity contribution in [3.05, 3.63) is 76.6 Å². The summed E-state index contributed by atoms with van der Waals surface area (Å²) in [5.74, 6) is -0.211. The number of ether oxygens (including phenoxy) is 1. The van der Waals surface area contributed by atoms with Gasteiger partial charge in [0.05, 0.1) is 24.8 Å². The highest BCUT2D eigenvalue weighted by Gasteiger charge is 2.23. The number of rotatable bonds is 9. The molecule has 8 nitrogen and oxygen atoms in total. The predicted molar refractivity (Wildman–Crippen MR) is 136 cm³/mol. The number of aryl methyl sites for hydroxylation is 1. The number of carbonyl (C=O) groups excluding carboxylic acids is 1. The van der Waals surface area contributed by atoms with Gasteiger partial charge in [-0.1, -0.05) is 29.8 Å². The van der Waals surface area contributed by atoms with E-state index in [0.29, 0.717) is 17.4 Å². The fourth-order valence-corrected chi connectivity index (χ4v) is 4.64.